The number of nitrogens with zero attached hydrogens (tertiary/aromatic N) is 5. The van der Waals surface area contributed by atoms with Crippen LogP contribution in [0.3, 0.4) is 0 Å². The first-order valence-electron chi connectivity index (χ1n) is 14.1. The van der Waals surface area contributed by atoms with Gasteiger partial charge in [-0.3, -0.25) is 14.5 Å². The molecule has 0 aliphatic carbocycles. The number of nitrogens with one attached hydrogen (secondary N) is 2. The van der Waals surface area contributed by atoms with Crippen LogP contribution in [0.1, 0.15) is 41.8 Å². The van der Waals surface area contributed by atoms with Gasteiger partial charge >= 0.3 is 6.18 Å². The number of pyridine rings is 1. The molecule has 2 unspecified atom stereocenters. The van der Waals surface area contributed by atoms with Gasteiger partial charge in [-0.1, -0.05) is 6.08 Å². The molecular weight excluding hydrogens is 582 g/mol. The third-order valence-corrected chi connectivity index (χ3v) is 8.14. The Morgan fingerprint density at radius 1 is 1.09 bits per heavy atom. The number of amides is 1. The number of benzene rings is 1. The fourth-order valence-electron chi connectivity index (χ4n) is 5.54. The zero-order valence-corrected chi connectivity index (χ0v) is 24.7. The van der Waals surface area contributed by atoms with Gasteiger partial charge in [-0.15, -0.1) is 0 Å². The summed E-state index contributed by atoms with van der Waals surface area (Å²) in [7, 11) is 3.50. The minimum Gasteiger partial charge on any atom is -0.494 e. The number of alkyl halides is 3. The highest BCUT2D eigenvalue weighted by Gasteiger charge is 2.36. The summed E-state index contributed by atoms with van der Waals surface area (Å²) in [6.07, 6.45) is 1.31. The van der Waals surface area contributed by atoms with E-state index in [0.717, 1.165) is 6.20 Å². The summed E-state index contributed by atoms with van der Waals surface area (Å²) in [5, 5.41) is 2.60. The minimum atomic E-state index is -4.94. The number of likely N-dealkylation sites (N-methyl/N-ethyl adjacent to an activating group) is 1. The number of piperazine rings is 1. The largest absolute Gasteiger partial charge is 0.494 e. The van der Waals surface area contributed by atoms with Crippen LogP contribution < -0.4 is 25.4 Å². The fourth-order valence-corrected chi connectivity index (χ4v) is 5.54. The highest BCUT2D eigenvalue weighted by atomic mass is 19.4. The molecule has 1 aromatic carbocycles. The molecule has 2 aliphatic heterocycles. The maximum atomic E-state index is 15.9. The zero-order valence-electron chi connectivity index (χ0n) is 24.7. The Labute approximate surface area is 251 Å². The number of methoxy groups -OCH3 is 1. The number of aromatic nitrogens is 3. The van der Waals surface area contributed by atoms with Gasteiger partial charge in [0.1, 0.15) is 5.82 Å². The van der Waals surface area contributed by atoms with E-state index in [9.17, 15) is 22.8 Å². The van der Waals surface area contributed by atoms with Crippen molar-refractivity contribution in [1.29, 1.82) is 0 Å². The maximum absolute atomic E-state index is 15.9. The van der Waals surface area contributed by atoms with Crippen molar-refractivity contribution in [3.8, 4) is 5.75 Å². The third-order valence-electron chi connectivity index (χ3n) is 8.14. The van der Waals surface area contributed by atoms with Crippen molar-refractivity contribution in [2.45, 2.75) is 38.5 Å². The molecule has 0 radical (unpaired) electrons. The third kappa shape index (κ3) is 6.39. The molecule has 2 N–H and O–H groups in total. The van der Waals surface area contributed by atoms with Gasteiger partial charge in [-0.25, -0.2) is 14.4 Å². The molecule has 0 saturated carbocycles. The van der Waals surface area contributed by atoms with Gasteiger partial charge in [0.15, 0.2) is 5.75 Å². The number of carbonyl (C=O) groups is 1. The summed E-state index contributed by atoms with van der Waals surface area (Å²) >= 11 is 0. The molecule has 1 saturated heterocycles. The highest BCUT2D eigenvalue weighted by molar-refractivity contribution is 6.07. The van der Waals surface area contributed by atoms with E-state index >= 15 is 4.39 Å². The Kier molecular flexibility index (Phi) is 8.64. The number of H-pyrrole nitrogens is 1. The van der Waals surface area contributed by atoms with E-state index < -0.39 is 34.6 Å². The Hall–Kier alpha value is -4.46. The lowest BCUT2D eigenvalue weighted by atomic mass is 9.98. The van der Waals surface area contributed by atoms with Crippen molar-refractivity contribution >= 4 is 28.8 Å². The van der Waals surface area contributed by atoms with Gasteiger partial charge in [0.25, 0.3) is 5.91 Å². The number of anilines is 3. The van der Waals surface area contributed by atoms with E-state index in [1.54, 1.807) is 0 Å². The van der Waals surface area contributed by atoms with E-state index in [0.29, 0.717) is 55.1 Å². The second-order valence-electron chi connectivity index (χ2n) is 11.1. The van der Waals surface area contributed by atoms with Crippen molar-refractivity contribution in [2.75, 3.05) is 55.5 Å². The first-order chi connectivity index (χ1) is 20.8. The molecule has 1 amide bonds. The second-order valence-corrected chi connectivity index (χ2v) is 11.1. The molecule has 234 valence electrons. The van der Waals surface area contributed by atoms with Gasteiger partial charge < -0.3 is 24.8 Å². The van der Waals surface area contributed by atoms with Crippen molar-refractivity contribution in [3.05, 3.63) is 75.7 Å². The lowest BCUT2D eigenvalue weighted by Crippen LogP contribution is -2.55. The number of aromatic amines is 1. The molecule has 2 aromatic heterocycles. The van der Waals surface area contributed by atoms with Crippen LogP contribution >= 0.6 is 0 Å². The van der Waals surface area contributed by atoms with Crippen LogP contribution in [-0.4, -0.2) is 78.2 Å². The van der Waals surface area contributed by atoms with Crippen LogP contribution in [0.2, 0.25) is 0 Å². The van der Waals surface area contributed by atoms with E-state index in [2.05, 4.69) is 25.2 Å². The van der Waals surface area contributed by atoms with Gasteiger partial charge in [0.2, 0.25) is 11.5 Å². The topological polar surface area (TPSA) is 107 Å². The minimum absolute atomic E-state index is 0.0835. The molecule has 1 fully saturated rings. The molecule has 2 atom stereocenters. The molecule has 14 heteroatoms. The molecule has 3 aromatic rings. The highest BCUT2D eigenvalue weighted by Crippen LogP contribution is 2.37. The molecule has 44 heavy (non-hydrogen) atoms. The summed E-state index contributed by atoms with van der Waals surface area (Å²) in [4.78, 5) is 41.8. The van der Waals surface area contributed by atoms with Crippen molar-refractivity contribution < 1.29 is 27.1 Å². The van der Waals surface area contributed by atoms with Gasteiger partial charge in [0.05, 0.1) is 42.0 Å². The molecule has 0 spiro atoms. The quantitative estimate of drug-likeness (QED) is 0.393. The summed E-state index contributed by atoms with van der Waals surface area (Å²) in [6, 6.07) is 3.29. The Bertz CT molecular complexity index is 1610. The first-order valence-corrected chi connectivity index (χ1v) is 14.1. The molecule has 2 aliphatic rings. The van der Waals surface area contributed by atoms with Crippen molar-refractivity contribution in [1.82, 2.24) is 19.9 Å². The van der Waals surface area contributed by atoms with Crippen LogP contribution in [0.4, 0.5) is 34.9 Å². The number of carbonyl (C=O) groups excluding carboxylic acids is 1. The molecular formula is C30H33F4N7O3. The van der Waals surface area contributed by atoms with Crippen LogP contribution in [0.15, 0.2) is 47.7 Å². The lowest BCUT2D eigenvalue weighted by molar-refractivity contribution is -0.138. The normalized spacial score (nSPS) is 19.5. The molecule has 4 heterocycles. The summed E-state index contributed by atoms with van der Waals surface area (Å²) < 4.78 is 62.4. The fraction of sp³-hybridized carbons (Fsp3) is 0.400. The van der Waals surface area contributed by atoms with Crippen molar-refractivity contribution in [2.24, 2.45) is 0 Å². The summed E-state index contributed by atoms with van der Waals surface area (Å²) in [6.45, 7) is 5.88. The van der Waals surface area contributed by atoms with Crippen LogP contribution in [0.5, 0.6) is 5.75 Å². The average Bonchev–Trinajstić information content (AvgIpc) is 2.99. The zero-order chi connectivity index (χ0) is 31.8. The standard InChI is InChI=1S/C30H33F4N7O3/c1-17-14-41(15-18(2)39(17)3)26-10-24(31)21(19-6-5-7-40(16-19)29-36-11-20(44-4)12-37-29)8-25(26)38-28(43)22-13-35-27(42)9-23(22)30(32,33)34/h6,8-13,17-18H,5,7,14-16H2,1-4H3,(H,35,42)(H,38,43). The number of rotatable bonds is 6. The van der Waals surface area contributed by atoms with Crippen LogP contribution in [-0.2, 0) is 6.18 Å². The Balaban J connectivity index is 1.54. The SMILES string of the molecule is COc1cnc(N2CCC=C(c3cc(NC(=O)c4c[nH]c(=O)cc4C(F)(F)F)c(N4CC(C)N(C)C(C)C4)cc3F)C2)nc1. The molecule has 0 bridgehead atoms. The molecule has 5 rings (SSSR count). The maximum Gasteiger partial charge on any atom is 0.417 e. The number of hydrogen-bond donors (Lipinski definition) is 2. The lowest BCUT2D eigenvalue weighted by Gasteiger charge is -2.44. The predicted molar refractivity (Wildman–Crippen MR) is 159 cm³/mol. The summed E-state index contributed by atoms with van der Waals surface area (Å²) in [5.74, 6) is -0.707. The van der Waals surface area contributed by atoms with E-state index in [1.165, 1.54) is 31.6 Å². The number of halogens is 4. The number of hydrogen-bond acceptors (Lipinski definition) is 8. The predicted octanol–water partition coefficient (Wildman–Crippen LogP) is 4.41. The smallest absolute Gasteiger partial charge is 0.417 e. The molecule has 10 nitrogen and oxygen atoms in total. The summed E-state index contributed by atoms with van der Waals surface area (Å²) in [5.41, 5.74) is -1.83. The average molecular weight is 616 g/mol. The van der Waals surface area contributed by atoms with E-state index in [4.69, 9.17) is 4.74 Å². The number of ether oxygens (including phenoxy) is 1. The van der Waals surface area contributed by atoms with Crippen LogP contribution in [0.25, 0.3) is 5.57 Å². The second kappa shape index (κ2) is 12.3. The monoisotopic (exact) mass is 615 g/mol. The first kappa shape index (κ1) is 31.0. The van der Waals surface area contributed by atoms with E-state index in [1.807, 2.05) is 36.8 Å². The Morgan fingerprint density at radius 2 is 1.77 bits per heavy atom. The van der Waals surface area contributed by atoms with E-state index in [-0.39, 0.29) is 29.9 Å². The van der Waals surface area contributed by atoms with Gasteiger partial charge in [-0.2, -0.15) is 13.2 Å². The van der Waals surface area contributed by atoms with Crippen molar-refractivity contribution in [3.63, 3.8) is 0 Å². The Morgan fingerprint density at radius 3 is 2.41 bits per heavy atom. The van der Waals surface area contributed by atoms with Crippen LogP contribution in [0, 0.1) is 5.82 Å². The van der Waals surface area contributed by atoms with Gasteiger partial charge in [0, 0.05) is 56.1 Å². The van der Waals surface area contributed by atoms with Gasteiger partial charge in [-0.05, 0) is 45.0 Å².